The highest BCUT2D eigenvalue weighted by molar-refractivity contribution is 5.70. The first-order valence-corrected chi connectivity index (χ1v) is 3.81. The highest BCUT2D eigenvalue weighted by Gasteiger charge is 2.16. The summed E-state index contributed by atoms with van der Waals surface area (Å²) in [5.41, 5.74) is 0.997. The zero-order valence-electron chi connectivity index (χ0n) is 7.13. The van der Waals surface area contributed by atoms with E-state index < -0.39 is 0 Å². The van der Waals surface area contributed by atoms with E-state index in [4.69, 9.17) is 0 Å². The van der Waals surface area contributed by atoms with Crippen molar-refractivity contribution < 1.29 is 2.85 Å². The Balaban J connectivity index is 0.000000845. The first kappa shape index (κ1) is 7.15. The lowest BCUT2D eigenvalue weighted by Crippen LogP contribution is -2.16. The zero-order chi connectivity index (χ0) is 8.55. The van der Waals surface area contributed by atoms with Gasteiger partial charge in [0.15, 0.2) is 5.82 Å². The van der Waals surface area contributed by atoms with Gasteiger partial charge in [0.05, 0.1) is 18.6 Å². The molecule has 0 aromatic carbocycles. The van der Waals surface area contributed by atoms with E-state index >= 15 is 0 Å². The van der Waals surface area contributed by atoms with E-state index in [2.05, 4.69) is 20.6 Å². The Hall–Kier alpha value is -1.52. The monoisotopic (exact) mass is 169 g/mol. The Morgan fingerprint density at radius 3 is 3.33 bits per heavy atom. The molecule has 1 aromatic rings. The van der Waals surface area contributed by atoms with Crippen LogP contribution in [-0.4, -0.2) is 30.7 Å². The third-order valence-electron chi connectivity index (χ3n) is 1.86. The second-order valence-electron chi connectivity index (χ2n) is 2.71. The van der Waals surface area contributed by atoms with E-state index in [1.807, 2.05) is 19.0 Å². The standard InChI is InChI=1S/C7H11N5.2H2/c1-8-7-9-3-5-6(11-7)12(2)4-10-5;;/h3,10H,4H2,1-2H3,(H,8,9,11);2*1H. The van der Waals surface area contributed by atoms with Crippen molar-refractivity contribution in [2.45, 2.75) is 0 Å². The van der Waals surface area contributed by atoms with Crippen LogP contribution in [0.5, 0.6) is 0 Å². The lowest BCUT2D eigenvalue weighted by atomic mass is 10.5. The first-order valence-electron chi connectivity index (χ1n) is 3.81. The molecule has 0 amide bonds. The van der Waals surface area contributed by atoms with Crippen LogP contribution in [0.1, 0.15) is 2.85 Å². The highest BCUT2D eigenvalue weighted by atomic mass is 15.3. The molecule has 0 bridgehead atoms. The molecule has 0 atom stereocenters. The van der Waals surface area contributed by atoms with Gasteiger partial charge in [0.1, 0.15) is 0 Å². The number of anilines is 3. The Morgan fingerprint density at radius 2 is 2.58 bits per heavy atom. The van der Waals surface area contributed by atoms with Gasteiger partial charge in [0.2, 0.25) is 5.95 Å². The zero-order valence-corrected chi connectivity index (χ0v) is 7.13. The third-order valence-corrected chi connectivity index (χ3v) is 1.86. The summed E-state index contributed by atoms with van der Waals surface area (Å²) in [4.78, 5) is 10.4. The molecule has 2 N–H and O–H groups in total. The van der Waals surface area contributed by atoms with Gasteiger partial charge >= 0.3 is 0 Å². The molecule has 68 valence electrons. The van der Waals surface area contributed by atoms with Crippen molar-refractivity contribution in [1.82, 2.24) is 9.97 Å². The van der Waals surface area contributed by atoms with E-state index in [9.17, 15) is 0 Å². The van der Waals surface area contributed by atoms with Crippen LogP contribution in [0, 0.1) is 0 Å². The molecule has 2 heterocycles. The fraction of sp³-hybridized carbons (Fsp3) is 0.429. The van der Waals surface area contributed by atoms with Crippen molar-refractivity contribution in [2.24, 2.45) is 0 Å². The molecule has 0 unspecified atom stereocenters. The normalized spacial score (nSPS) is 14.0. The molecule has 0 radical (unpaired) electrons. The van der Waals surface area contributed by atoms with Crippen molar-refractivity contribution >= 4 is 17.5 Å². The lowest BCUT2D eigenvalue weighted by molar-refractivity contribution is 1.00. The van der Waals surface area contributed by atoms with E-state index in [-0.39, 0.29) is 2.85 Å². The van der Waals surface area contributed by atoms with Gasteiger partial charge in [-0.25, -0.2) is 4.98 Å². The molecule has 12 heavy (non-hydrogen) atoms. The number of rotatable bonds is 1. The van der Waals surface area contributed by atoms with Crippen LogP contribution in [0.25, 0.3) is 0 Å². The molecule has 0 aliphatic carbocycles. The predicted molar refractivity (Wildman–Crippen MR) is 52.7 cm³/mol. The fourth-order valence-electron chi connectivity index (χ4n) is 1.19. The third kappa shape index (κ3) is 0.939. The number of fused-ring (bicyclic) bond motifs is 1. The molecule has 5 heteroatoms. The van der Waals surface area contributed by atoms with Gasteiger partial charge in [0, 0.05) is 16.9 Å². The Morgan fingerprint density at radius 1 is 1.75 bits per heavy atom. The van der Waals surface area contributed by atoms with Gasteiger partial charge in [-0.05, 0) is 0 Å². The maximum absolute atomic E-state index is 4.29. The van der Waals surface area contributed by atoms with Gasteiger partial charge in [-0.3, -0.25) is 0 Å². The summed E-state index contributed by atoms with van der Waals surface area (Å²) < 4.78 is 0. The van der Waals surface area contributed by atoms with E-state index in [0.29, 0.717) is 5.95 Å². The molecule has 1 aliphatic rings. The average molecular weight is 169 g/mol. The minimum Gasteiger partial charge on any atom is -0.363 e. The number of nitrogens with zero attached hydrogens (tertiary/aromatic N) is 3. The first-order chi connectivity index (χ1) is 5.81. The number of hydrogen-bond donors (Lipinski definition) is 2. The van der Waals surface area contributed by atoms with Crippen molar-refractivity contribution in [2.75, 3.05) is 36.3 Å². The van der Waals surface area contributed by atoms with Crippen molar-refractivity contribution in [3.8, 4) is 0 Å². The Bertz CT molecular complexity index is 306. The second kappa shape index (κ2) is 2.51. The topological polar surface area (TPSA) is 53.1 Å². The smallest absolute Gasteiger partial charge is 0.224 e. The predicted octanol–water partition coefficient (Wildman–Crippen LogP) is 0.829. The van der Waals surface area contributed by atoms with E-state index in [1.54, 1.807) is 6.20 Å². The van der Waals surface area contributed by atoms with Crippen LogP contribution in [0.4, 0.5) is 17.5 Å². The number of hydrogen-bond acceptors (Lipinski definition) is 5. The van der Waals surface area contributed by atoms with Gasteiger partial charge < -0.3 is 15.5 Å². The van der Waals surface area contributed by atoms with Gasteiger partial charge in [-0.1, -0.05) is 0 Å². The second-order valence-corrected chi connectivity index (χ2v) is 2.71. The molecule has 1 aromatic heterocycles. The molecule has 0 saturated heterocycles. The van der Waals surface area contributed by atoms with Crippen LogP contribution < -0.4 is 15.5 Å². The molecular formula is C7H15N5. The van der Waals surface area contributed by atoms with Crippen LogP contribution in [0.2, 0.25) is 0 Å². The van der Waals surface area contributed by atoms with E-state index in [0.717, 1.165) is 18.2 Å². The maximum Gasteiger partial charge on any atom is 0.224 e. The SMILES string of the molecule is CNc1ncc2c(n1)N(C)CN2.[HH].[HH]. The molecular weight excluding hydrogens is 154 g/mol. The number of nitrogens with one attached hydrogen (secondary N) is 2. The summed E-state index contributed by atoms with van der Waals surface area (Å²) in [6, 6.07) is 0. The summed E-state index contributed by atoms with van der Waals surface area (Å²) in [5.74, 6) is 1.61. The highest BCUT2D eigenvalue weighted by Crippen LogP contribution is 2.27. The number of aromatic nitrogens is 2. The van der Waals surface area contributed by atoms with Crippen molar-refractivity contribution in [1.29, 1.82) is 0 Å². The summed E-state index contributed by atoms with van der Waals surface area (Å²) >= 11 is 0. The molecule has 1 aliphatic heterocycles. The van der Waals surface area contributed by atoms with Crippen molar-refractivity contribution in [3.63, 3.8) is 0 Å². The molecule has 5 nitrogen and oxygen atoms in total. The van der Waals surface area contributed by atoms with Crippen LogP contribution in [0.15, 0.2) is 6.20 Å². The Labute approximate surface area is 73.8 Å². The van der Waals surface area contributed by atoms with Gasteiger partial charge in [-0.2, -0.15) is 4.98 Å². The molecule has 2 rings (SSSR count). The summed E-state index contributed by atoms with van der Waals surface area (Å²) in [6.07, 6.45) is 1.79. The van der Waals surface area contributed by atoms with Gasteiger partial charge in [-0.15, -0.1) is 0 Å². The van der Waals surface area contributed by atoms with Crippen LogP contribution in [-0.2, 0) is 0 Å². The summed E-state index contributed by atoms with van der Waals surface area (Å²) in [7, 11) is 3.80. The molecule has 0 spiro atoms. The summed E-state index contributed by atoms with van der Waals surface area (Å²) in [5, 5.41) is 6.07. The fourth-order valence-corrected chi connectivity index (χ4v) is 1.19. The van der Waals surface area contributed by atoms with Crippen molar-refractivity contribution in [3.05, 3.63) is 6.20 Å². The minimum atomic E-state index is 0. The van der Waals surface area contributed by atoms with Gasteiger partial charge in [0.25, 0.3) is 0 Å². The van der Waals surface area contributed by atoms with E-state index in [1.165, 1.54) is 0 Å². The average Bonchev–Trinajstić information content (AvgIpc) is 2.47. The van der Waals surface area contributed by atoms with Crippen LogP contribution in [0.3, 0.4) is 0 Å². The summed E-state index contributed by atoms with van der Waals surface area (Å²) in [6.45, 7) is 0.803. The lowest BCUT2D eigenvalue weighted by Gasteiger charge is -2.08. The van der Waals surface area contributed by atoms with Crippen LogP contribution >= 0.6 is 0 Å². The Kier molecular flexibility index (Phi) is 1.49. The maximum atomic E-state index is 4.29. The molecule has 0 fully saturated rings. The quantitative estimate of drug-likeness (QED) is 0.652. The minimum absolute atomic E-state index is 0. The largest absolute Gasteiger partial charge is 0.363 e. The molecule has 0 saturated carbocycles.